The van der Waals surface area contributed by atoms with Gasteiger partial charge in [-0.1, -0.05) is 30.3 Å². The minimum Gasteiger partial charge on any atom is -0.497 e. The van der Waals surface area contributed by atoms with Crippen LogP contribution in [-0.4, -0.2) is 34.0 Å². The van der Waals surface area contributed by atoms with Crippen molar-refractivity contribution in [3.8, 4) is 5.75 Å². The number of hydrogen-bond donors (Lipinski definition) is 2. The smallest absolute Gasteiger partial charge is 0.232 e. The third kappa shape index (κ3) is 4.92. The summed E-state index contributed by atoms with van der Waals surface area (Å²) in [5.74, 6) is 2.09. The Morgan fingerprint density at radius 1 is 1.07 bits per heavy atom. The van der Waals surface area contributed by atoms with Gasteiger partial charge in [-0.15, -0.1) is 0 Å². The van der Waals surface area contributed by atoms with Crippen LogP contribution in [0.25, 0.3) is 0 Å². The molecule has 0 saturated carbocycles. The van der Waals surface area contributed by atoms with E-state index in [2.05, 4.69) is 31.2 Å². The lowest BCUT2D eigenvalue weighted by atomic mass is 10.2. The second-order valence-corrected chi connectivity index (χ2v) is 6.31. The highest BCUT2D eigenvalue weighted by atomic mass is 16.5. The van der Waals surface area contributed by atoms with Crippen LogP contribution in [0.2, 0.25) is 0 Å². The molecule has 3 rings (SSSR count). The predicted molar refractivity (Wildman–Crippen MR) is 107 cm³/mol. The van der Waals surface area contributed by atoms with E-state index in [9.17, 15) is 0 Å². The summed E-state index contributed by atoms with van der Waals surface area (Å²) in [4.78, 5) is 15.2. The monoisotopic (exact) mass is 364 g/mol. The number of nitrogens with one attached hydrogen (secondary N) is 1. The van der Waals surface area contributed by atoms with Crippen molar-refractivity contribution >= 4 is 17.6 Å². The van der Waals surface area contributed by atoms with Gasteiger partial charge in [0.15, 0.2) is 5.82 Å². The standard InChI is InChI=1S/C20H24N6O/c1-14(26(2)13-15-8-7-11-17(12-15)27-3)18-23-19(21)25-20(24-18)22-16-9-5-4-6-10-16/h4-12,14H,13H2,1-3H3,(H3,21,22,23,24,25)/t14-/m0/s1. The molecule has 2 aromatic carbocycles. The van der Waals surface area contributed by atoms with Crippen molar-refractivity contribution in [2.75, 3.05) is 25.2 Å². The number of nitrogens with zero attached hydrogens (tertiary/aromatic N) is 4. The molecule has 0 unspecified atom stereocenters. The van der Waals surface area contributed by atoms with Gasteiger partial charge in [-0.3, -0.25) is 4.90 Å². The van der Waals surface area contributed by atoms with E-state index < -0.39 is 0 Å². The molecule has 0 amide bonds. The molecule has 140 valence electrons. The highest BCUT2D eigenvalue weighted by Gasteiger charge is 2.17. The number of para-hydroxylation sites is 1. The molecule has 1 atom stereocenters. The van der Waals surface area contributed by atoms with E-state index in [1.54, 1.807) is 7.11 Å². The predicted octanol–water partition coefficient (Wildman–Crippen LogP) is 3.40. The Balaban J connectivity index is 1.75. The van der Waals surface area contributed by atoms with E-state index in [0.717, 1.165) is 23.5 Å². The Labute approximate surface area is 159 Å². The van der Waals surface area contributed by atoms with Crippen LogP contribution < -0.4 is 15.8 Å². The third-order valence-corrected chi connectivity index (χ3v) is 4.30. The van der Waals surface area contributed by atoms with Crippen LogP contribution in [0.5, 0.6) is 5.75 Å². The number of hydrogen-bond acceptors (Lipinski definition) is 7. The van der Waals surface area contributed by atoms with E-state index in [0.29, 0.717) is 11.8 Å². The SMILES string of the molecule is COc1cccc(CN(C)[C@@H](C)c2nc(N)nc(Nc3ccccc3)n2)c1. The maximum Gasteiger partial charge on any atom is 0.232 e. The van der Waals surface area contributed by atoms with Crippen LogP contribution in [0.4, 0.5) is 17.6 Å². The number of anilines is 3. The fourth-order valence-corrected chi connectivity index (χ4v) is 2.70. The van der Waals surface area contributed by atoms with Crippen LogP contribution >= 0.6 is 0 Å². The van der Waals surface area contributed by atoms with E-state index >= 15 is 0 Å². The Morgan fingerprint density at radius 2 is 1.85 bits per heavy atom. The molecule has 1 aromatic heterocycles. The van der Waals surface area contributed by atoms with Crippen molar-refractivity contribution in [2.45, 2.75) is 19.5 Å². The Kier molecular flexibility index (Phi) is 5.83. The van der Waals surface area contributed by atoms with Gasteiger partial charge in [0.1, 0.15) is 5.75 Å². The Hall–Kier alpha value is -3.19. The summed E-state index contributed by atoms with van der Waals surface area (Å²) in [5, 5.41) is 3.17. The molecule has 3 aromatic rings. The molecule has 0 aliphatic carbocycles. The van der Waals surface area contributed by atoms with Gasteiger partial charge in [0.25, 0.3) is 0 Å². The second kappa shape index (κ2) is 8.46. The lowest BCUT2D eigenvalue weighted by molar-refractivity contribution is 0.243. The fourth-order valence-electron chi connectivity index (χ4n) is 2.70. The van der Waals surface area contributed by atoms with Gasteiger partial charge >= 0.3 is 0 Å². The van der Waals surface area contributed by atoms with Gasteiger partial charge in [-0.05, 0) is 43.8 Å². The molecule has 1 heterocycles. The zero-order valence-electron chi connectivity index (χ0n) is 15.8. The summed E-state index contributed by atoms with van der Waals surface area (Å²) in [7, 11) is 3.69. The molecule has 7 nitrogen and oxygen atoms in total. The van der Waals surface area contributed by atoms with Crippen molar-refractivity contribution < 1.29 is 4.74 Å². The molecule has 0 aliphatic heterocycles. The van der Waals surface area contributed by atoms with Crippen molar-refractivity contribution in [3.05, 3.63) is 66.0 Å². The van der Waals surface area contributed by atoms with Gasteiger partial charge in [0.05, 0.1) is 13.2 Å². The molecular weight excluding hydrogens is 340 g/mol. The Morgan fingerprint density at radius 3 is 2.59 bits per heavy atom. The highest BCUT2D eigenvalue weighted by molar-refractivity contribution is 5.53. The average molecular weight is 364 g/mol. The first kappa shape index (κ1) is 18.6. The summed E-state index contributed by atoms with van der Waals surface area (Å²) in [6.45, 7) is 2.77. The van der Waals surface area contributed by atoms with E-state index in [1.807, 2.05) is 62.5 Å². The van der Waals surface area contributed by atoms with Gasteiger partial charge < -0.3 is 15.8 Å². The van der Waals surface area contributed by atoms with Crippen molar-refractivity contribution in [2.24, 2.45) is 0 Å². The molecule has 27 heavy (non-hydrogen) atoms. The number of nitrogen functional groups attached to an aromatic ring is 1. The van der Waals surface area contributed by atoms with Crippen molar-refractivity contribution in [3.63, 3.8) is 0 Å². The quantitative estimate of drug-likeness (QED) is 0.664. The first-order chi connectivity index (χ1) is 13.0. The second-order valence-electron chi connectivity index (χ2n) is 6.31. The van der Waals surface area contributed by atoms with Crippen LogP contribution in [0.3, 0.4) is 0 Å². The van der Waals surface area contributed by atoms with E-state index in [-0.39, 0.29) is 12.0 Å². The fraction of sp³-hybridized carbons (Fsp3) is 0.250. The molecule has 3 N–H and O–H groups in total. The maximum absolute atomic E-state index is 5.90. The number of ether oxygens (including phenoxy) is 1. The lowest BCUT2D eigenvalue weighted by Gasteiger charge is -2.24. The zero-order valence-corrected chi connectivity index (χ0v) is 15.8. The molecule has 0 spiro atoms. The minimum atomic E-state index is -0.0437. The van der Waals surface area contributed by atoms with Gasteiger partial charge in [0, 0.05) is 12.2 Å². The van der Waals surface area contributed by atoms with Crippen LogP contribution in [0.1, 0.15) is 24.4 Å². The first-order valence-corrected chi connectivity index (χ1v) is 8.72. The van der Waals surface area contributed by atoms with Gasteiger partial charge in [0.2, 0.25) is 11.9 Å². The number of aromatic nitrogens is 3. The number of methoxy groups -OCH3 is 1. The zero-order chi connectivity index (χ0) is 19.2. The van der Waals surface area contributed by atoms with Crippen LogP contribution in [-0.2, 0) is 6.54 Å². The normalized spacial score (nSPS) is 12.0. The first-order valence-electron chi connectivity index (χ1n) is 8.72. The van der Waals surface area contributed by atoms with Gasteiger partial charge in [-0.25, -0.2) is 0 Å². The van der Waals surface area contributed by atoms with Crippen molar-refractivity contribution in [1.82, 2.24) is 19.9 Å². The summed E-state index contributed by atoms with van der Waals surface area (Å²) >= 11 is 0. The highest BCUT2D eigenvalue weighted by Crippen LogP contribution is 2.22. The minimum absolute atomic E-state index is 0.0437. The number of rotatable bonds is 7. The summed E-state index contributed by atoms with van der Waals surface area (Å²) < 4.78 is 5.29. The topological polar surface area (TPSA) is 89.2 Å². The average Bonchev–Trinajstić information content (AvgIpc) is 2.68. The largest absolute Gasteiger partial charge is 0.497 e. The Bertz CT molecular complexity index is 887. The maximum atomic E-state index is 5.90. The number of nitrogens with two attached hydrogens (primary N) is 1. The summed E-state index contributed by atoms with van der Waals surface area (Å²) in [6, 6.07) is 17.7. The van der Waals surface area contributed by atoms with Crippen LogP contribution in [0.15, 0.2) is 54.6 Å². The molecule has 7 heteroatoms. The lowest BCUT2D eigenvalue weighted by Crippen LogP contribution is -2.24. The summed E-state index contributed by atoms with van der Waals surface area (Å²) in [6.07, 6.45) is 0. The molecule has 0 fully saturated rings. The number of benzene rings is 2. The van der Waals surface area contributed by atoms with E-state index in [4.69, 9.17) is 10.5 Å². The molecule has 0 bridgehead atoms. The van der Waals surface area contributed by atoms with E-state index in [1.165, 1.54) is 0 Å². The molecule has 0 radical (unpaired) electrons. The summed E-state index contributed by atoms with van der Waals surface area (Å²) in [5.41, 5.74) is 7.95. The third-order valence-electron chi connectivity index (χ3n) is 4.30. The van der Waals surface area contributed by atoms with Crippen molar-refractivity contribution in [1.29, 1.82) is 0 Å². The van der Waals surface area contributed by atoms with Crippen LogP contribution in [0, 0.1) is 0 Å². The molecule has 0 saturated heterocycles. The van der Waals surface area contributed by atoms with Gasteiger partial charge in [-0.2, -0.15) is 15.0 Å². The molecular formula is C20H24N6O. The molecule has 0 aliphatic rings.